The summed E-state index contributed by atoms with van der Waals surface area (Å²) in [4.78, 5) is 0. The van der Waals surface area contributed by atoms with Crippen LogP contribution in [0, 0.1) is 17.8 Å². The monoisotopic (exact) mass is 264 g/mol. The summed E-state index contributed by atoms with van der Waals surface area (Å²) < 4.78 is 0. The smallest absolute Gasteiger partial charge is 0.0380 e. The van der Waals surface area contributed by atoms with E-state index in [0.29, 0.717) is 0 Å². The summed E-state index contributed by atoms with van der Waals surface area (Å²) in [6, 6.07) is 0. The van der Waals surface area contributed by atoms with Crippen LogP contribution >= 0.6 is 0 Å². The molecule has 2 rings (SSSR count). The third kappa shape index (κ3) is 6.82. The maximum absolute atomic E-state index is 2.50. The lowest BCUT2D eigenvalue weighted by Crippen LogP contribution is -1.97. The van der Waals surface area contributed by atoms with Crippen molar-refractivity contribution < 1.29 is 0 Å². The minimum atomic E-state index is 1.01. The van der Waals surface area contributed by atoms with Gasteiger partial charge >= 0.3 is 0 Å². The average Bonchev–Trinajstić information content (AvgIpc) is 3.12. The fourth-order valence-electron chi connectivity index (χ4n) is 4.08. The highest BCUT2D eigenvalue weighted by molar-refractivity contribution is 4.87. The van der Waals surface area contributed by atoms with Gasteiger partial charge in [0.2, 0.25) is 0 Å². The van der Waals surface area contributed by atoms with Crippen LogP contribution in [0.2, 0.25) is 0 Å². The molecule has 0 spiro atoms. The second kappa shape index (κ2) is 9.03. The topological polar surface area (TPSA) is 0 Å². The summed E-state index contributed by atoms with van der Waals surface area (Å²) in [5.74, 6) is 3.27. The zero-order chi connectivity index (χ0) is 13.3. The van der Waals surface area contributed by atoms with E-state index in [0.717, 1.165) is 17.8 Å². The second-order valence-electron chi connectivity index (χ2n) is 7.56. The number of hydrogen-bond donors (Lipinski definition) is 0. The molecule has 0 radical (unpaired) electrons. The van der Waals surface area contributed by atoms with E-state index in [1.54, 1.807) is 19.3 Å². The minimum absolute atomic E-state index is 1.01. The SMILES string of the molecule is CC1CCCCCCCCCCCCCC2CC2C1. The highest BCUT2D eigenvalue weighted by Gasteiger charge is 2.36. The van der Waals surface area contributed by atoms with Crippen LogP contribution in [-0.2, 0) is 0 Å². The van der Waals surface area contributed by atoms with Gasteiger partial charge in [-0.15, -0.1) is 0 Å². The normalized spacial score (nSPS) is 36.2. The zero-order valence-corrected chi connectivity index (χ0v) is 13.3. The van der Waals surface area contributed by atoms with Crippen molar-refractivity contribution in [2.75, 3.05) is 0 Å². The highest BCUT2D eigenvalue weighted by atomic mass is 14.4. The van der Waals surface area contributed by atoms with E-state index in [2.05, 4.69) is 6.92 Å². The molecule has 0 amide bonds. The van der Waals surface area contributed by atoms with E-state index in [-0.39, 0.29) is 0 Å². The van der Waals surface area contributed by atoms with E-state index >= 15 is 0 Å². The molecule has 2 fully saturated rings. The van der Waals surface area contributed by atoms with E-state index < -0.39 is 0 Å². The molecule has 0 bridgehead atoms. The maximum atomic E-state index is 2.50. The average molecular weight is 264 g/mol. The molecule has 0 nitrogen and oxygen atoms in total. The quantitative estimate of drug-likeness (QED) is 0.455. The van der Waals surface area contributed by atoms with E-state index in [1.807, 2.05) is 0 Å². The summed E-state index contributed by atoms with van der Waals surface area (Å²) >= 11 is 0. The standard InChI is InChI=1S/C19H36/c1-17-13-11-9-7-5-3-2-4-6-8-10-12-14-18-16-19(18)15-17/h17-19H,2-16H2,1H3. The van der Waals surface area contributed by atoms with Crippen molar-refractivity contribution in [3.63, 3.8) is 0 Å². The van der Waals surface area contributed by atoms with Crippen molar-refractivity contribution in [2.45, 2.75) is 103 Å². The Morgan fingerprint density at radius 1 is 0.474 bits per heavy atom. The molecule has 0 aromatic rings. The Bertz CT molecular complexity index is 220. The van der Waals surface area contributed by atoms with Crippen LogP contribution in [0.1, 0.15) is 103 Å². The van der Waals surface area contributed by atoms with Gasteiger partial charge in [-0.05, 0) is 30.6 Å². The Morgan fingerprint density at radius 2 is 0.947 bits per heavy atom. The molecule has 0 N–H and O–H groups in total. The summed E-state index contributed by atoms with van der Waals surface area (Å²) in [5, 5.41) is 0. The molecule has 0 aromatic heterocycles. The minimum Gasteiger partial charge on any atom is -0.0625 e. The van der Waals surface area contributed by atoms with Crippen LogP contribution in [0.15, 0.2) is 0 Å². The molecule has 19 heavy (non-hydrogen) atoms. The second-order valence-corrected chi connectivity index (χ2v) is 7.56. The lowest BCUT2D eigenvalue weighted by Gasteiger charge is -2.11. The Hall–Kier alpha value is 0. The Kier molecular flexibility index (Phi) is 7.32. The zero-order valence-electron chi connectivity index (χ0n) is 13.3. The van der Waals surface area contributed by atoms with Gasteiger partial charge in [0.05, 0.1) is 0 Å². The van der Waals surface area contributed by atoms with Gasteiger partial charge in [-0.3, -0.25) is 0 Å². The molecular formula is C19H36. The molecule has 2 saturated carbocycles. The molecule has 2 aliphatic rings. The fraction of sp³-hybridized carbons (Fsp3) is 1.00. The lowest BCUT2D eigenvalue weighted by molar-refractivity contribution is 0.417. The van der Waals surface area contributed by atoms with Crippen molar-refractivity contribution >= 4 is 0 Å². The van der Waals surface area contributed by atoms with Crippen molar-refractivity contribution in [1.82, 2.24) is 0 Å². The van der Waals surface area contributed by atoms with Crippen molar-refractivity contribution in [3.05, 3.63) is 0 Å². The van der Waals surface area contributed by atoms with Gasteiger partial charge < -0.3 is 0 Å². The first-order valence-corrected chi connectivity index (χ1v) is 9.36. The molecule has 3 unspecified atom stereocenters. The van der Waals surface area contributed by atoms with Crippen LogP contribution in [0.5, 0.6) is 0 Å². The molecular weight excluding hydrogens is 228 g/mol. The van der Waals surface area contributed by atoms with E-state index in [9.17, 15) is 0 Å². The summed E-state index contributed by atoms with van der Waals surface area (Å²) in [7, 11) is 0. The first-order valence-electron chi connectivity index (χ1n) is 9.36. The van der Waals surface area contributed by atoms with Crippen LogP contribution in [0.3, 0.4) is 0 Å². The molecule has 2 aliphatic carbocycles. The summed E-state index contributed by atoms with van der Waals surface area (Å²) in [6.07, 6.45) is 22.7. The van der Waals surface area contributed by atoms with E-state index in [4.69, 9.17) is 0 Å². The Labute approximate surface area is 121 Å². The van der Waals surface area contributed by atoms with Gasteiger partial charge in [-0.25, -0.2) is 0 Å². The highest BCUT2D eigenvalue weighted by Crippen LogP contribution is 2.47. The third-order valence-electron chi connectivity index (χ3n) is 5.55. The first kappa shape index (κ1) is 15.4. The molecule has 0 heteroatoms. The molecule has 112 valence electrons. The van der Waals surface area contributed by atoms with Crippen LogP contribution in [0.25, 0.3) is 0 Å². The van der Waals surface area contributed by atoms with Gasteiger partial charge in [0.15, 0.2) is 0 Å². The van der Waals surface area contributed by atoms with Gasteiger partial charge in [-0.2, -0.15) is 0 Å². The predicted octanol–water partition coefficient (Wildman–Crippen LogP) is 6.73. The van der Waals surface area contributed by atoms with Crippen LogP contribution in [-0.4, -0.2) is 0 Å². The summed E-state index contributed by atoms with van der Waals surface area (Å²) in [5.41, 5.74) is 0. The number of fused-ring (bicyclic) bond motifs is 1. The largest absolute Gasteiger partial charge is 0.0625 e. The number of rotatable bonds is 0. The van der Waals surface area contributed by atoms with Crippen molar-refractivity contribution in [1.29, 1.82) is 0 Å². The van der Waals surface area contributed by atoms with Gasteiger partial charge in [0.1, 0.15) is 0 Å². The molecule has 3 atom stereocenters. The fourth-order valence-corrected chi connectivity index (χ4v) is 4.08. The molecule has 0 aliphatic heterocycles. The molecule has 0 heterocycles. The Morgan fingerprint density at radius 3 is 1.53 bits per heavy atom. The van der Waals surface area contributed by atoms with Crippen LogP contribution in [0.4, 0.5) is 0 Å². The molecule has 0 saturated heterocycles. The number of hydrogen-bond acceptors (Lipinski definition) is 0. The van der Waals surface area contributed by atoms with E-state index in [1.165, 1.54) is 77.0 Å². The predicted molar refractivity (Wildman–Crippen MR) is 85.4 cm³/mol. The Balaban J connectivity index is 1.63. The lowest BCUT2D eigenvalue weighted by atomic mass is 9.95. The van der Waals surface area contributed by atoms with Gasteiger partial charge in [0, 0.05) is 0 Å². The third-order valence-corrected chi connectivity index (χ3v) is 5.55. The first-order chi connectivity index (χ1) is 9.36. The summed E-state index contributed by atoms with van der Waals surface area (Å²) in [6.45, 7) is 2.50. The van der Waals surface area contributed by atoms with Gasteiger partial charge in [0.25, 0.3) is 0 Å². The van der Waals surface area contributed by atoms with Crippen molar-refractivity contribution in [3.8, 4) is 0 Å². The van der Waals surface area contributed by atoms with Crippen molar-refractivity contribution in [2.24, 2.45) is 17.8 Å². The maximum Gasteiger partial charge on any atom is -0.0380 e. The van der Waals surface area contributed by atoms with Gasteiger partial charge in [-0.1, -0.05) is 90.4 Å². The van der Waals surface area contributed by atoms with Crippen LogP contribution < -0.4 is 0 Å². The molecule has 0 aromatic carbocycles.